The number of hydrogen-bond acceptors (Lipinski definition) is 7. The molecule has 1 N–H and O–H groups in total. The first-order valence-electron chi connectivity index (χ1n) is 8.91. The van der Waals surface area contributed by atoms with E-state index in [1.165, 1.54) is 0 Å². The monoisotopic (exact) mass is 352 g/mol. The largest absolute Gasteiger partial charge is 0.370 e. The molecule has 1 aliphatic heterocycles. The first-order chi connectivity index (χ1) is 12.4. The summed E-state index contributed by atoms with van der Waals surface area (Å²) >= 11 is 0. The Morgan fingerprint density at radius 1 is 1.15 bits per heavy atom. The van der Waals surface area contributed by atoms with E-state index in [1.807, 2.05) is 29.6 Å². The Morgan fingerprint density at radius 2 is 1.96 bits per heavy atom. The molecule has 0 aliphatic carbocycles. The summed E-state index contributed by atoms with van der Waals surface area (Å²) in [6.07, 6.45) is 1.78. The first-order valence-corrected chi connectivity index (χ1v) is 8.91. The molecule has 0 radical (unpaired) electrons. The highest BCUT2D eigenvalue weighted by Gasteiger charge is 2.29. The molecule has 136 valence electrons. The van der Waals surface area contributed by atoms with Crippen molar-refractivity contribution >= 4 is 17.3 Å². The third-order valence-electron chi connectivity index (χ3n) is 4.55. The number of hydrogen-bond donors (Lipinski definition) is 1. The summed E-state index contributed by atoms with van der Waals surface area (Å²) in [7, 11) is 0. The second-order valence-electron chi connectivity index (χ2n) is 7.88. The Hall–Kier alpha value is -2.77. The zero-order chi connectivity index (χ0) is 18.3. The van der Waals surface area contributed by atoms with E-state index in [2.05, 4.69) is 51.2 Å². The van der Waals surface area contributed by atoms with Crippen molar-refractivity contribution in [2.24, 2.45) is 5.92 Å². The lowest BCUT2D eigenvalue weighted by molar-refractivity contribution is 0.423. The molecule has 4 heterocycles. The van der Waals surface area contributed by atoms with Gasteiger partial charge in [0.25, 0.3) is 0 Å². The molecule has 4 rings (SSSR count). The molecular weight excluding hydrogens is 328 g/mol. The Labute approximate surface area is 152 Å². The Morgan fingerprint density at radius 3 is 2.69 bits per heavy atom. The molecule has 0 saturated carbocycles. The molecule has 8 nitrogen and oxygen atoms in total. The van der Waals surface area contributed by atoms with Crippen LogP contribution in [0.1, 0.15) is 32.4 Å². The average molecular weight is 352 g/mol. The van der Waals surface area contributed by atoms with Crippen LogP contribution in [-0.2, 0) is 5.41 Å². The highest BCUT2D eigenvalue weighted by atomic mass is 15.4. The molecule has 3 aromatic rings. The Bertz CT molecular complexity index is 920. The topological polar surface area (TPSA) is 84.1 Å². The van der Waals surface area contributed by atoms with Gasteiger partial charge in [0.1, 0.15) is 17.5 Å². The van der Waals surface area contributed by atoms with E-state index in [9.17, 15) is 0 Å². The highest BCUT2D eigenvalue weighted by Crippen LogP contribution is 2.25. The van der Waals surface area contributed by atoms with Gasteiger partial charge in [-0.1, -0.05) is 20.8 Å². The summed E-state index contributed by atoms with van der Waals surface area (Å²) < 4.78 is 1.87. The molecule has 0 aromatic carbocycles. The van der Waals surface area contributed by atoms with Crippen molar-refractivity contribution < 1.29 is 0 Å². The lowest BCUT2D eigenvalue weighted by Crippen LogP contribution is -2.50. The molecule has 0 atom stereocenters. The summed E-state index contributed by atoms with van der Waals surface area (Å²) in [5.74, 6) is 4.09. The summed E-state index contributed by atoms with van der Waals surface area (Å²) in [6.45, 7) is 11.1. The number of rotatable bonds is 4. The van der Waals surface area contributed by atoms with Crippen molar-refractivity contribution in [3.8, 4) is 0 Å². The predicted molar refractivity (Wildman–Crippen MR) is 100 cm³/mol. The van der Waals surface area contributed by atoms with Crippen LogP contribution in [0.25, 0.3) is 5.65 Å². The molecule has 26 heavy (non-hydrogen) atoms. The molecule has 0 bridgehead atoms. The predicted octanol–water partition coefficient (Wildman–Crippen LogP) is 2.07. The van der Waals surface area contributed by atoms with Gasteiger partial charge in [-0.2, -0.15) is 4.52 Å². The smallest absolute Gasteiger partial charge is 0.178 e. The highest BCUT2D eigenvalue weighted by molar-refractivity contribution is 5.48. The van der Waals surface area contributed by atoms with Gasteiger partial charge < -0.3 is 10.2 Å². The van der Waals surface area contributed by atoms with Gasteiger partial charge in [0.15, 0.2) is 11.5 Å². The van der Waals surface area contributed by atoms with Gasteiger partial charge in [-0.3, -0.25) is 0 Å². The molecule has 8 heteroatoms. The Balaban J connectivity index is 1.41. The minimum absolute atomic E-state index is 0.0951. The van der Waals surface area contributed by atoms with Crippen LogP contribution in [0.15, 0.2) is 24.4 Å². The van der Waals surface area contributed by atoms with Crippen molar-refractivity contribution in [1.29, 1.82) is 0 Å². The van der Waals surface area contributed by atoms with Crippen LogP contribution in [0.5, 0.6) is 0 Å². The number of nitrogens with zero attached hydrogens (tertiary/aromatic N) is 7. The third kappa shape index (κ3) is 3.18. The van der Waals surface area contributed by atoms with Gasteiger partial charge >= 0.3 is 0 Å². The standard InChI is InChI=1S/C18H24N8/c1-12-19-8-7-14(21-12)20-9-13-10-25(11-13)16-6-5-15-22-23-17(18(2,3)4)26(15)24-16/h5-8,13H,9-11H2,1-4H3,(H,19,20,21). The molecule has 0 amide bonds. The number of fused-ring (bicyclic) bond motifs is 1. The van der Waals surface area contributed by atoms with Crippen LogP contribution in [0.3, 0.4) is 0 Å². The molecule has 3 aromatic heterocycles. The normalized spacial score (nSPS) is 15.3. The third-order valence-corrected chi connectivity index (χ3v) is 4.55. The molecule has 1 saturated heterocycles. The van der Waals surface area contributed by atoms with E-state index in [1.54, 1.807) is 6.20 Å². The number of anilines is 2. The van der Waals surface area contributed by atoms with Crippen LogP contribution >= 0.6 is 0 Å². The fourth-order valence-corrected chi connectivity index (χ4v) is 3.11. The zero-order valence-electron chi connectivity index (χ0n) is 15.6. The van der Waals surface area contributed by atoms with Crippen LogP contribution in [0, 0.1) is 12.8 Å². The average Bonchev–Trinajstić information content (AvgIpc) is 2.97. The summed E-state index contributed by atoms with van der Waals surface area (Å²) in [4.78, 5) is 10.8. The SMILES string of the molecule is Cc1nccc(NCC2CN(c3ccc4nnc(C(C)(C)C)n4n3)C2)n1. The summed E-state index contributed by atoms with van der Waals surface area (Å²) in [5, 5.41) is 16.7. The van der Waals surface area contributed by atoms with E-state index < -0.39 is 0 Å². The van der Waals surface area contributed by atoms with Gasteiger partial charge in [0, 0.05) is 37.2 Å². The first kappa shape index (κ1) is 16.7. The van der Waals surface area contributed by atoms with Crippen LogP contribution < -0.4 is 10.2 Å². The second-order valence-corrected chi connectivity index (χ2v) is 7.88. The number of nitrogens with one attached hydrogen (secondary N) is 1. The van der Waals surface area contributed by atoms with Crippen LogP contribution in [-0.4, -0.2) is 49.4 Å². The van der Waals surface area contributed by atoms with Crippen molar-refractivity contribution in [2.45, 2.75) is 33.1 Å². The maximum Gasteiger partial charge on any atom is 0.178 e. The van der Waals surface area contributed by atoms with Crippen LogP contribution in [0.2, 0.25) is 0 Å². The van der Waals surface area contributed by atoms with Crippen molar-refractivity contribution in [3.63, 3.8) is 0 Å². The van der Waals surface area contributed by atoms with Crippen molar-refractivity contribution in [1.82, 2.24) is 29.8 Å². The van der Waals surface area contributed by atoms with E-state index in [0.29, 0.717) is 5.92 Å². The Kier molecular flexibility index (Phi) is 3.97. The summed E-state index contributed by atoms with van der Waals surface area (Å²) in [5.41, 5.74) is 0.693. The van der Waals surface area contributed by atoms with E-state index in [4.69, 9.17) is 5.10 Å². The molecular formula is C18H24N8. The van der Waals surface area contributed by atoms with Gasteiger partial charge in [-0.15, -0.1) is 15.3 Å². The van der Waals surface area contributed by atoms with E-state index in [-0.39, 0.29) is 5.41 Å². The van der Waals surface area contributed by atoms with Gasteiger partial charge in [-0.25, -0.2) is 9.97 Å². The molecule has 1 aliphatic rings. The minimum Gasteiger partial charge on any atom is -0.370 e. The molecule has 1 fully saturated rings. The van der Waals surface area contributed by atoms with Crippen molar-refractivity contribution in [3.05, 3.63) is 36.0 Å². The summed E-state index contributed by atoms with van der Waals surface area (Å²) in [6, 6.07) is 5.91. The fourth-order valence-electron chi connectivity index (χ4n) is 3.11. The van der Waals surface area contributed by atoms with Gasteiger partial charge in [-0.05, 0) is 25.1 Å². The zero-order valence-corrected chi connectivity index (χ0v) is 15.6. The van der Waals surface area contributed by atoms with Gasteiger partial charge in [0.2, 0.25) is 0 Å². The molecule has 0 spiro atoms. The molecule has 0 unspecified atom stereocenters. The lowest BCUT2D eigenvalue weighted by Gasteiger charge is -2.40. The maximum absolute atomic E-state index is 4.76. The number of aromatic nitrogens is 6. The quantitative estimate of drug-likeness (QED) is 0.769. The van der Waals surface area contributed by atoms with E-state index >= 15 is 0 Å². The van der Waals surface area contributed by atoms with Gasteiger partial charge in [0.05, 0.1) is 0 Å². The van der Waals surface area contributed by atoms with Crippen molar-refractivity contribution in [2.75, 3.05) is 29.9 Å². The maximum atomic E-state index is 4.76. The van der Waals surface area contributed by atoms with E-state index in [0.717, 1.165) is 48.6 Å². The van der Waals surface area contributed by atoms with Crippen LogP contribution in [0.4, 0.5) is 11.6 Å². The minimum atomic E-state index is -0.0951. The second kappa shape index (κ2) is 6.19. The lowest BCUT2D eigenvalue weighted by atomic mass is 9.96. The number of aryl methyl sites for hydroxylation is 1. The fraction of sp³-hybridized carbons (Fsp3) is 0.500.